The van der Waals surface area contributed by atoms with Gasteiger partial charge in [-0.2, -0.15) is 0 Å². The fraction of sp³-hybridized carbons (Fsp3) is 0.286. The molecule has 8 heteroatoms. The number of imidazole rings is 1. The van der Waals surface area contributed by atoms with Crippen molar-refractivity contribution in [2.24, 2.45) is 0 Å². The Morgan fingerprint density at radius 2 is 2.00 bits per heavy atom. The SMILES string of the molecule is CCNC(=O)[C@@H](C)OC(=O)CSc1nc2cc(Cl)ccc2n1Cc1ccccc1. The highest BCUT2D eigenvalue weighted by Gasteiger charge is 2.19. The molecule has 152 valence electrons. The van der Waals surface area contributed by atoms with Gasteiger partial charge in [-0.15, -0.1) is 0 Å². The van der Waals surface area contributed by atoms with E-state index in [1.165, 1.54) is 11.8 Å². The lowest BCUT2D eigenvalue weighted by atomic mass is 10.2. The molecule has 3 rings (SSSR count). The Labute approximate surface area is 178 Å². The van der Waals surface area contributed by atoms with Crippen molar-refractivity contribution in [3.8, 4) is 0 Å². The number of nitrogens with one attached hydrogen (secondary N) is 1. The van der Waals surface area contributed by atoms with Crippen LogP contribution in [0.1, 0.15) is 19.4 Å². The van der Waals surface area contributed by atoms with Gasteiger partial charge in [0.1, 0.15) is 0 Å². The van der Waals surface area contributed by atoms with E-state index >= 15 is 0 Å². The van der Waals surface area contributed by atoms with E-state index in [4.69, 9.17) is 16.3 Å². The highest BCUT2D eigenvalue weighted by atomic mass is 35.5. The van der Waals surface area contributed by atoms with Crippen LogP contribution in [0.4, 0.5) is 0 Å². The van der Waals surface area contributed by atoms with E-state index in [9.17, 15) is 9.59 Å². The summed E-state index contributed by atoms with van der Waals surface area (Å²) in [5, 5.41) is 3.93. The zero-order chi connectivity index (χ0) is 20.8. The average molecular weight is 432 g/mol. The number of amides is 1. The van der Waals surface area contributed by atoms with Crippen LogP contribution in [-0.4, -0.2) is 39.8 Å². The van der Waals surface area contributed by atoms with E-state index in [0.29, 0.717) is 23.3 Å². The molecule has 1 amide bonds. The third kappa shape index (κ3) is 5.52. The molecule has 3 aromatic rings. The van der Waals surface area contributed by atoms with Gasteiger partial charge in [-0.25, -0.2) is 4.98 Å². The second-order valence-corrected chi connectivity index (χ2v) is 7.79. The van der Waals surface area contributed by atoms with Crippen LogP contribution in [-0.2, 0) is 20.9 Å². The van der Waals surface area contributed by atoms with Gasteiger partial charge in [0.2, 0.25) is 0 Å². The van der Waals surface area contributed by atoms with Gasteiger partial charge in [0.05, 0.1) is 23.3 Å². The molecule has 0 aliphatic rings. The molecular weight excluding hydrogens is 410 g/mol. The first kappa shape index (κ1) is 21.2. The quantitative estimate of drug-likeness (QED) is 0.432. The lowest BCUT2D eigenvalue weighted by Crippen LogP contribution is -2.35. The number of hydrogen-bond donors (Lipinski definition) is 1. The minimum atomic E-state index is -0.829. The number of hydrogen-bond acceptors (Lipinski definition) is 5. The van der Waals surface area contributed by atoms with Crippen LogP contribution < -0.4 is 5.32 Å². The van der Waals surface area contributed by atoms with Gasteiger partial charge in [-0.05, 0) is 37.6 Å². The molecular formula is C21H22ClN3O3S. The lowest BCUT2D eigenvalue weighted by Gasteiger charge is -2.13. The Balaban J connectivity index is 1.76. The van der Waals surface area contributed by atoms with Crippen molar-refractivity contribution in [3.05, 3.63) is 59.1 Å². The number of esters is 1. The Bertz CT molecular complexity index is 1010. The number of halogens is 1. The standard InChI is InChI=1S/C21H22ClN3O3S/c1-3-23-20(27)14(2)28-19(26)13-29-21-24-17-11-16(22)9-10-18(17)25(21)12-15-7-5-4-6-8-15/h4-11,14H,3,12-13H2,1-2H3,(H,23,27)/t14-/m1/s1. The van der Waals surface area contributed by atoms with Gasteiger partial charge >= 0.3 is 5.97 Å². The van der Waals surface area contributed by atoms with Crippen molar-refractivity contribution in [3.63, 3.8) is 0 Å². The molecule has 0 saturated carbocycles. The molecule has 29 heavy (non-hydrogen) atoms. The highest BCUT2D eigenvalue weighted by Crippen LogP contribution is 2.27. The fourth-order valence-electron chi connectivity index (χ4n) is 2.84. The monoisotopic (exact) mass is 431 g/mol. The van der Waals surface area contributed by atoms with Gasteiger partial charge in [0.25, 0.3) is 5.91 Å². The number of benzene rings is 2. The van der Waals surface area contributed by atoms with Crippen LogP contribution >= 0.6 is 23.4 Å². The van der Waals surface area contributed by atoms with Crippen LogP contribution in [0.25, 0.3) is 11.0 Å². The molecule has 1 aromatic heterocycles. The summed E-state index contributed by atoms with van der Waals surface area (Å²) >= 11 is 7.39. The Hall–Kier alpha value is -2.51. The number of carbonyl (C=O) groups excluding carboxylic acids is 2. The summed E-state index contributed by atoms with van der Waals surface area (Å²) in [6.07, 6.45) is -0.829. The molecule has 1 N–H and O–H groups in total. The largest absolute Gasteiger partial charge is 0.452 e. The highest BCUT2D eigenvalue weighted by molar-refractivity contribution is 7.99. The maximum Gasteiger partial charge on any atom is 0.317 e. The lowest BCUT2D eigenvalue weighted by molar-refractivity contribution is -0.152. The van der Waals surface area contributed by atoms with Crippen LogP contribution in [0.15, 0.2) is 53.7 Å². The van der Waals surface area contributed by atoms with Crippen molar-refractivity contribution in [1.29, 1.82) is 0 Å². The number of carbonyl (C=O) groups is 2. The number of nitrogens with zero attached hydrogens (tertiary/aromatic N) is 2. The first-order valence-corrected chi connectivity index (χ1v) is 10.6. The molecule has 0 aliphatic heterocycles. The van der Waals surface area contributed by atoms with Crippen molar-refractivity contribution in [1.82, 2.24) is 14.9 Å². The van der Waals surface area contributed by atoms with E-state index < -0.39 is 12.1 Å². The first-order chi connectivity index (χ1) is 14.0. The summed E-state index contributed by atoms with van der Waals surface area (Å²) in [7, 11) is 0. The summed E-state index contributed by atoms with van der Waals surface area (Å²) in [6.45, 7) is 4.47. The van der Waals surface area contributed by atoms with Crippen LogP contribution in [0.3, 0.4) is 0 Å². The number of rotatable bonds is 8. The summed E-state index contributed by atoms with van der Waals surface area (Å²) in [6, 6.07) is 15.6. The molecule has 0 spiro atoms. The van der Waals surface area contributed by atoms with E-state index in [0.717, 1.165) is 16.6 Å². The maximum absolute atomic E-state index is 12.2. The second kappa shape index (κ2) is 9.80. The normalized spacial score (nSPS) is 12.0. The van der Waals surface area contributed by atoms with Crippen molar-refractivity contribution in [2.45, 2.75) is 31.7 Å². The molecule has 0 aliphatic carbocycles. The Kier molecular flexibility index (Phi) is 7.17. The van der Waals surface area contributed by atoms with Gasteiger partial charge in [0.15, 0.2) is 11.3 Å². The van der Waals surface area contributed by atoms with Crippen molar-refractivity contribution >= 4 is 46.3 Å². The predicted molar refractivity (Wildman–Crippen MR) is 115 cm³/mol. The maximum atomic E-state index is 12.2. The zero-order valence-corrected chi connectivity index (χ0v) is 17.8. The molecule has 1 heterocycles. The minimum Gasteiger partial charge on any atom is -0.452 e. The topological polar surface area (TPSA) is 73.2 Å². The number of fused-ring (bicyclic) bond motifs is 1. The molecule has 0 radical (unpaired) electrons. The van der Waals surface area contributed by atoms with E-state index in [-0.39, 0.29) is 11.7 Å². The average Bonchev–Trinajstić information content (AvgIpc) is 3.03. The van der Waals surface area contributed by atoms with Gasteiger partial charge < -0.3 is 14.6 Å². The van der Waals surface area contributed by atoms with Crippen LogP contribution in [0.5, 0.6) is 0 Å². The van der Waals surface area contributed by atoms with E-state index in [1.807, 2.05) is 54.0 Å². The summed E-state index contributed by atoms with van der Waals surface area (Å²) in [5.41, 5.74) is 2.82. The van der Waals surface area contributed by atoms with Crippen LogP contribution in [0, 0.1) is 0 Å². The molecule has 0 saturated heterocycles. The number of likely N-dealkylation sites (N-methyl/N-ethyl adjacent to an activating group) is 1. The summed E-state index contributed by atoms with van der Waals surface area (Å²) in [4.78, 5) is 28.6. The number of ether oxygens (including phenoxy) is 1. The first-order valence-electron chi connectivity index (χ1n) is 9.27. The second-order valence-electron chi connectivity index (χ2n) is 6.41. The number of aromatic nitrogens is 2. The third-order valence-corrected chi connectivity index (χ3v) is 5.39. The van der Waals surface area contributed by atoms with Gasteiger partial charge in [0, 0.05) is 11.6 Å². The summed E-state index contributed by atoms with van der Waals surface area (Å²) in [5.74, 6) is -0.725. The third-order valence-electron chi connectivity index (χ3n) is 4.21. The molecule has 6 nitrogen and oxygen atoms in total. The van der Waals surface area contributed by atoms with Crippen LogP contribution in [0.2, 0.25) is 5.02 Å². The number of thioether (sulfide) groups is 1. The Morgan fingerprint density at radius 3 is 2.72 bits per heavy atom. The fourth-order valence-corrected chi connectivity index (χ4v) is 3.80. The minimum absolute atomic E-state index is 0.0512. The summed E-state index contributed by atoms with van der Waals surface area (Å²) < 4.78 is 7.26. The smallest absolute Gasteiger partial charge is 0.317 e. The Morgan fingerprint density at radius 1 is 1.24 bits per heavy atom. The van der Waals surface area contributed by atoms with Crippen molar-refractivity contribution in [2.75, 3.05) is 12.3 Å². The van der Waals surface area contributed by atoms with Gasteiger partial charge in [-0.1, -0.05) is 53.7 Å². The van der Waals surface area contributed by atoms with E-state index in [1.54, 1.807) is 13.0 Å². The van der Waals surface area contributed by atoms with Crippen molar-refractivity contribution < 1.29 is 14.3 Å². The van der Waals surface area contributed by atoms with E-state index in [2.05, 4.69) is 10.3 Å². The molecule has 1 atom stereocenters. The molecule has 2 aromatic carbocycles. The molecule has 0 unspecified atom stereocenters. The zero-order valence-electron chi connectivity index (χ0n) is 16.2. The predicted octanol–water partition coefficient (Wildman–Crippen LogP) is 3.90. The molecule has 0 bridgehead atoms. The van der Waals surface area contributed by atoms with Gasteiger partial charge in [-0.3, -0.25) is 9.59 Å². The molecule has 0 fully saturated rings.